The Morgan fingerprint density at radius 3 is 2.43 bits per heavy atom. The molecule has 6 nitrogen and oxygen atoms in total. The number of carbonyl (C=O) groups is 1. The van der Waals surface area contributed by atoms with Gasteiger partial charge in [-0.1, -0.05) is 12.1 Å². The van der Waals surface area contributed by atoms with Gasteiger partial charge in [0, 0.05) is 12.4 Å². The molecule has 2 aromatic heterocycles. The van der Waals surface area contributed by atoms with Crippen LogP contribution >= 0.6 is 0 Å². The molecule has 0 aliphatic heterocycles. The monoisotopic (exact) mass is 309 g/mol. The van der Waals surface area contributed by atoms with E-state index in [2.05, 4.69) is 25.8 Å². The molecule has 3 rings (SSSR count). The van der Waals surface area contributed by atoms with E-state index in [1.165, 1.54) is 12.3 Å². The van der Waals surface area contributed by atoms with Gasteiger partial charge in [0.15, 0.2) is 11.6 Å². The van der Waals surface area contributed by atoms with E-state index in [4.69, 9.17) is 0 Å². The predicted octanol–water partition coefficient (Wildman–Crippen LogP) is 3.01. The van der Waals surface area contributed by atoms with Gasteiger partial charge in [-0.15, -0.1) is 10.2 Å². The zero-order valence-corrected chi connectivity index (χ0v) is 11.9. The van der Waals surface area contributed by atoms with Crippen LogP contribution in [0.25, 0.3) is 0 Å². The van der Waals surface area contributed by atoms with Crippen molar-refractivity contribution in [2.75, 3.05) is 10.6 Å². The Morgan fingerprint density at radius 1 is 0.957 bits per heavy atom. The topological polar surface area (TPSA) is 79.8 Å². The fourth-order valence-corrected chi connectivity index (χ4v) is 1.85. The number of hydrogen-bond donors (Lipinski definition) is 2. The Morgan fingerprint density at radius 2 is 1.74 bits per heavy atom. The Bertz CT molecular complexity index is 808. The molecule has 0 saturated heterocycles. The maximum atomic E-state index is 13.5. The van der Waals surface area contributed by atoms with Gasteiger partial charge in [0.1, 0.15) is 5.82 Å². The summed E-state index contributed by atoms with van der Waals surface area (Å²) in [5.41, 5.74) is 0.719. The molecule has 0 unspecified atom stereocenters. The van der Waals surface area contributed by atoms with Crippen LogP contribution in [-0.2, 0) is 0 Å². The van der Waals surface area contributed by atoms with Crippen LogP contribution in [0.15, 0.2) is 60.9 Å². The summed E-state index contributed by atoms with van der Waals surface area (Å²) in [6.07, 6.45) is 3.04. The summed E-state index contributed by atoms with van der Waals surface area (Å²) < 4.78 is 13.5. The van der Waals surface area contributed by atoms with E-state index >= 15 is 0 Å². The lowest BCUT2D eigenvalue weighted by Gasteiger charge is -2.07. The fourth-order valence-electron chi connectivity index (χ4n) is 1.85. The first-order valence-electron chi connectivity index (χ1n) is 6.79. The SMILES string of the molecule is O=C(Nc1ccc(Nc2ccccc2F)nn1)c1cccnc1. The van der Waals surface area contributed by atoms with Gasteiger partial charge in [0.25, 0.3) is 5.91 Å². The second-order valence-corrected chi connectivity index (χ2v) is 4.60. The molecule has 0 aliphatic rings. The molecular weight excluding hydrogens is 297 g/mol. The predicted molar refractivity (Wildman–Crippen MR) is 83.9 cm³/mol. The third-order valence-corrected chi connectivity index (χ3v) is 2.97. The van der Waals surface area contributed by atoms with Crippen molar-refractivity contribution in [1.82, 2.24) is 15.2 Å². The maximum Gasteiger partial charge on any atom is 0.258 e. The molecule has 0 radical (unpaired) electrons. The first-order valence-corrected chi connectivity index (χ1v) is 6.79. The minimum absolute atomic E-state index is 0.290. The van der Waals surface area contributed by atoms with Gasteiger partial charge < -0.3 is 10.6 Å². The van der Waals surface area contributed by atoms with E-state index in [9.17, 15) is 9.18 Å². The molecule has 1 amide bonds. The number of aromatic nitrogens is 3. The highest BCUT2D eigenvalue weighted by Crippen LogP contribution is 2.18. The Labute approximate surface area is 131 Å². The number of halogens is 1. The molecule has 3 aromatic rings. The van der Waals surface area contributed by atoms with Gasteiger partial charge in [-0.3, -0.25) is 9.78 Å². The molecule has 0 bridgehead atoms. The molecule has 7 heteroatoms. The van der Waals surface area contributed by atoms with Crippen LogP contribution in [0.5, 0.6) is 0 Å². The number of hydrogen-bond acceptors (Lipinski definition) is 5. The first-order chi connectivity index (χ1) is 11.2. The lowest BCUT2D eigenvalue weighted by Crippen LogP contribution is -2.13. The van der Waals surface area contributed by atoms with Crippen molar-refractivity contribution >= 4 is 23.2 Å². The van der Waals surface area contributed by atoms with Gasteiger partial charge in [-0.2, -0.15) is 0 Å². The number of benzene rings is 1. The first kappa shape index (κ1) is 14.6. The lowest BCUT2D eigenvalue weighted by atomic mass is 10.3. The maximum absolute atomic E-state index is 13.5. The Balaban J connectivity index is 1.68. The minimum Gasteiger partial charge on any atom is -0.336 e. The van der Waals surface area contributed by atoms with E-state index in [-0.39, 0.29) is 17.5 Å². The van der Waals surface area contributed by atoms with Crippen LogP contribution < -0.4 is 10.6 Å². The summed E-state index contributed by atoms with van der Waals surface area (Å²) in [5.74, 6) is -0.0575. The van der Waals surface area contributed by atoms with Crippen molar-refractivity contribution in [3.05, 3.63) is 72.3 Å². The number of rotatable bonds is 4. The largest absolute Gasteiger partial charge is 0.336 e. The van der Waals surface area contributed by atoms with Crippen LogP contribution in [0.2, 0.25) is 0 Å². The molecule has 114 valence electrons. The summed E-state index contributed by atoms with van der Waals surface area (Å²) in [7, 11) is 0. The molecule has 0 atom stereocenters. The Kier molecular flexibility index (Phi) is 4.19. The fraction of sp³-hybridized carbons (Fsp3) is 0. The van der Waals surface area contributed by atoms with Gasteiger partial charge >= 0.3 is 0 Å². The standard InChI is InChI=1S/C16H12FN5O/c17-12-5-1-2-6-13(12)19-14-7-8-15(22-21-14)20-16(23)11-4-3-9-18-10-11/h1-10H,(H,19,21)(H,20,22,23). The normalized spacial score (nSPS) is 10.1. The molecule has 1 aromatic carbocycles. The summed E-state index contributed by atoms with van der Waals surface area (Å²) in [4.78, 5) is 15.8. The highest BCUT2D eigenvalue weighted by molar-refractivity contribution is 6.03. The molecule has 2 N–H and O–H groups in total. The number of nitrogens with zero attached hydrogens (tertiary/aromatic N) is 3. The second-order valence-electron chi connectivity index (χ2n) is 4.60. The molecule has 0 fully saturated rings. The third kappa shape index (κ3) is 3.65. The molecular formula is C16H12FN5O. The zero-order valence-electron chi connectivity index (χ0n) is 11.9. The van der Waals surface area contributed by atoms with Crippen molar-refractivity contribution < 1.29 is 9.18 Å². The molecule has 23 heavy (non-hydrogen) atoms. The van der Waals surface area contributed by atoms with Crippen LogP contribution in [0.3, 0.4) is 0 Å². The number of amides is 1. The molecule has 0 aliphatic carbocycles. The Hall–Kier alpha value is -3.35. The average Bonchev–Trinajstić information content (AvgIpc) is 2.59. The highest BCUT2D eigenvalue weighted by atomic mass is 19.1. The summed E-state index contributed by atoms with van der Waals surface area (Å²) in [6.45, 7) is 0. The summed E-state index contributed by atoms with van der Waals surface area (Å²) in [5, 5.41) is 13.2. The quantitative estimate of drug-likeness (QED) is 0.774. The lowest BCUT2D eigenvalue weighted by molar-refractivity contribution is 0.102. The van der Waals surface area contributed by atoms with Crippen LogP contribution in [0.1, 0.15) is 10.4 Å². The molecule has 0 saturated carbocycles. The van der Waals surface area contributed by atoms with Gasteiger partial charge in [-0.25, -0.2) is 4.39 Å². The van der Waals surface area contributed by atoms with Gasteiger partial charge in [-0.05, 0) is 36.4 Å². The van der Waals surface area contributed by atoms with Crippen molar-refractivity contribution in [2.45, 2.75) is 0 Å². The van der Waals surface area contributed by atoms with E-state index in [1.807, 2.05) is 0 Å². The zero-order chi connectivity index (χ0) is 16.1. The summed E-state index contributed by atoms with van der Waals surface area (Å²) in [6, 6.07) is 12.7. The average molecular weight is 309 g/mol. The van der Waals surface area contributed by atoms with E-state index in [0.717, 1.165) is 0 Å². The molecule has 0 spiro atoms. The van der Waals surface area contributed by atoms with Crippen LogP contribution in [-0.4, -0.2) is 21.1 Å². The van der Waals surface area contributed by atoms with Crippen molar-refractivity contribution in [2.24, 2.45) is 0 Å². The van der Waals surface area contributed by atoms with Crippen molar-refractivity contribution in [3.63, 3.8) is 0 Å². The van der Waals surface area contributed by atoms with Crippen LogP contribution in [0.4, 0.5) is 21.7 Å². The highest BCUT2D eigenvalue weighted by Gasteiger charge is 2.07. The number of nitrogens with one attached hydrogen (secondary N) is 2. The van der Waals surface area contributed by atoms with Crippen molar-refractivity contribution in [3.8, 4) is 0 Å². The van der Waals surface area contributed by atoms with Crippen molar-refractivity contribution in [1.29, 1.82) is 0 Å². The number of para-hydroxylation sites is 1. The summed E-state index contributed by atoms with van der Waals surface area (Å²) >= 11 is 0. The number of anilines is 3. The van der Waals surface area contributed by atoms with Crippen LogP contribution in [0, 0.1) is 5.82 Å². The van der Waals surface area contributed by atoms with E-state index in [0.29, 0.717) is 17.1 Å². The number of carbonyl (C=O) groups excluding carboxylic acids is 1. The van der Waals surface area contributed by atoms with E-state index in [1.54, 1.807) is 48.7 Å². The van der Waals surface area contributed by atoms with Gasteiger partial charge in [0.2, 0.25) is 0 Å². The minimum atomic E-state index is -0.386. The molecule has 2 heterocycles. The van der Waals surface area contributed by atoms with Gasteiger partial charge in [0.05, 0.1) is 11.3 Å². The third-order valence-electron chi connectivity index (χ3n) is 2.97. The smallest absolute Gasteiger partial charge is 0.258 e. The number of pyridine rings is 1. The second kappa shape index (κ2) is 6.61. The van der Waals surface area contributed by atoms with E-state index < -0.39 is 0 Å².